The lowest BCUT2D eigenvalue weighted by molar-refractivity contribution is 0.282. The van der Waals surface area contributed by atoms with Gasteiger partial charge in [0, 0.05) is 6.07 Å². The van der Waals surface area contributed by atoms with Gasteiger partial charge in [-0.3, -0.25) is 0 Å². The van der Waals surface area contributed by atoms with Crippen molar-refractivity contribution in [3.63, 3.8) is 0 Å². The van der Waals surface area contributed by atoms with Gasteiger partial charge in [0.05, 0.1) is 6.04 Å². The van der Waals surface area contributed by atoms with E-state index in [1.165, 1.54) is 12.1 Å². The maximum atomic E-state index is 13.0. The predicted octanol–water partition coefficient (Wildman–Crippen LogP) is 2.63. The fraction of sp³-hybridized carbons (Fsp3) is 0.385. The maximum absolute atomic E-state index is 13.0. The van der Waals surface area contributed by atoms with E-state index in [4.69, 9.17) is 9.26 Å². The van der Waals surface area contributed by atoms with Crippen LogP contribution in [0.3, 0.4) is 0 Å². The minimum atomic E-state index is -0.332. The lowest BCUT2D eigenvalue weighted by Crippen LogP contribution is -2.13. The number of rotatable bonds is 4. The van der Waals surface area contributed by atoms with Crippen LogP contribution in [0.2, 0.25) is 0 Å². The summed E-state index contributed by atoms with van der Waals surface area (Å²) in [5.41, 5.74) is 0. The molecule has 0 radical (unpaired) electrons. The molecular formula is C13H15ClFN3O2. The second-order valence-corrected chi connectivity index (χ2v) is 4.44. The largest absolute Gasteiger partial charge is 0.485 e. The number of ether oxygens (including phenoxy) is 1. The summed E-state index contributed by atoms with van der Waals surface area (Å²) in [6, 6.07) is 6.11. The van der Waals surface area contributed by atoms with Crippen molar-refractivity contribution in [3.05, 3.63) is 41.8 Å². The number of hydrogen-bond donors (Lipinski definition) is 1. The monoisotopic (exact) mass is 299 g/mol. The van der Waals surface area contributed by atoms with Crippen LogP contribution in [0.5, 0.6) is 5.75 Å². The Morgan fingerprint density at radius 1 is 1.45 bits per heavy atom. The zero-order chi connectivity index (χ0) is 13.1. The van der Waals surface area contributed by atoms with E-state index in [0.717, 1.165) is 19.4 Å². The van der Waals surface area contributed by atoms with Crippen LogP contribution in [0.1, 0.15) is 30.6 Å². The second kappa shape index (κ2) is 6.67. The highest BCUT2D eigenvalue weighted by Gasteiger charge is 2.22. The second-order valence-electron chi connectivity index (χ2n) is 4.44. The van der Waals surface area contributed by atoms with Gasteiger partial charge in [0.2, 0.25) is 11.7 Å². The van der Waals surface area contributed by atoms with Crippen LogP contribution in [0.4, 0.5) is 4.39 Å². The topological polar surface area (TPSA) is 60.2 Å². The van der Waals surface area contributed by atoms with Crippen molar-refractivity contribution in [2.45, 2.75) is 25.5 Å². The fourth-order valence-corrected chi connectivity index (χ4v) is 2.07. The van der Waals surface area contributed by atoms with Crippen molar-refractivity contribution < 1.29 is 13.7 Å². The molecule has 0 bridgehead atoms. The van der Waals surface area contributed by atoms with Gasteiger partial charge in [-0.25, -0.2) is 4.39 Å². The number of nitrogens with one attached hydrogen (secondary N) is 1. The summed E-state index contributed by atoms with van der Waals surface area (Å²) in [4.78, 5) is 4.27. The van der Waals surface area contributed by atoms with Crippen LogP contribution in [-0.4, -0.2) is 16.7 Å². The van der Waals surface area contributed by atoms with Gasteiger partial charge in [-0.2, -0.15) is 4.98 Å². The molecule has 2 aromatic rings. The van der Waals surface area contributed by atoms with Gasteiger partial charge in [-0.15, -0.1) is 12.4 Å². The van der Waals surface area contributed by atoms with Gasteiger partial charge in [0.25, 0.3) is 0 Å². The Bertz CT molecular complexity index is 558. The first kappa shape index (κ1) is 14.7. The Balaban J connectivity index is 0.00000147. The first-order valence-electron chi connectivity index (χ1n) is 6.25. The van der Waals surface area contributed by atoms with E-state index in [9.17, 15) is 4.39 Å². The Labute approximate surface area is 121 Å². The van der Waals surface area contributed by atoms with E-state index in [0.29, 0.717) is 17.5 Å². The zero-order valence-corrected chi connectivity index (χ0v) is 11.5. The third-order valence-electron chi connectivity index (χ3n) is 3.01. The molecule has 1 atom stereocenters. The van der Waals surface area contributed by atoms with Crippen molar-refractivity contribution in [1.29, 1.82) is 0 Å². The van der Waals surface area contributed by atoms with Crippen LogP contribution in [0.25, 0.3) is 0 Å². The highest BCUT2D eigenvalue weighted by molar-refractivity contribution is 5.85. The molecule has 1 aromatic carbocycles. The fourth-order valence-electron chi connectivity index (χ4n) is 2.07. The van der Waals surface area contributed by atoms with Crippen molar-refractivity contribution in [2.75, 3.05) is 6.54 Å². The van der Waals surface area contributed by atoms with Crippen LogP contribution in [0, 0.1) is 5.82 Å². The molecule has 3 rings (SSSR count). The summed E-state index contributed by atoms with van der Waals surface area (Å²) in [6.45, 7) is 1.14. The third kappa shape index (κ3) is 3.46. The van der Waals surface area contributed by atoms with Crippen molar-refractivity contribution in [3.8, 4) is 5.75 Å². The molecule has 0 spiro atoms. The highest BCUT2D eigenvalue weighted by Crippen LogP contribution is 2.21. The van der Waals surface area contributed by atoms with Crippen LogP contribution in [0.15, 0.2) is 28.8 Å². The van der Waals surface area contributed by atoms with Gasteiger partial charge in [-0.1, -0.05) is 11.2 Å². The molecule has 2 heterocycles. The molecule has 1 fully saturated rings. The van der Waals surface area contributed by atoms with E-state index < -0.39 is 0 Å². The van der Waals surface area contributed by atoms with Gasteiger partial charge >= 0.3 is 0 Å². The SMILES string of the molecule is Cl.Fc1cccc(OCc2noc(C3CCCN3)n2)c1. The van der Waals surface area contributed by atoms with Gasteiger partial charge in [-0.05, 0) is 31.5 Å². The smallest absolute Gasteiger partial charge is 0.243 e. The first-order valence-corrected chi connectivity index (χ1v) is 6.25. The molecule has 0 saturated carbocycles. The maximum Gasteiger partial charge on any atom is 0.243 e. The lowest BCUT2D eigenvalue weighted by atomic mass is 10.2. The number of nitrogens with zero attached hydrogens (tertiary/aromatic N) is 2. The average Bonchev–Trinajstić information content (AvgIpc) is 3.07. The molecule has 5 nitrogen and oxygen atoms in total. The molecule has 20 heavy (non-hydrogen) atoms. The summed E-state index contributed by atoms with van der Waals surface area (Å²) in [7, 11) is 0. The number of aromatic nitrogens is 2. The van der Waals surface area contributed by atoms with Crippen LogP contribution < -0.4 is 10.1 Å². The molecule has 0 aliphatic carbocycles. The predicted molar refractivity (Wildman–Crippen MR) is 72.3 cm³/mol. The Kier molecular flexibility index (Phi) is 4.92. The summed E-state index contributed by atoms with van der Waals surface area (Å²) in [6.07, 6.45) is 2.12. The lowest BCUT2D eigenvalue weighted by Gasteiger charge is -2.03. The van der Waals surface area contributed by atoms with Crippen molar-refractivity contribution >= 4 is 12.4 Å². The zero-order valence-electron chi connectivity index (χ0n) is 10.7. The standard InChI is InChI=1S/C13H14FN3O2.ClH/c14-9-3-1-4-10(7-9)18-8-12-16-13(19-17-12)11-5-2-6-15-11;/h1,3-4,7,11,15H,2,5-6,8H2;1H. The quantitative estimate of drug-likeness (QED) is 0.940. The minimum Gasteiger partial charge on any atom is -0.485 e. The Morgan fingerprint density at radius 3 is 3.10 bits per heavy atom. The Morgan fingerprint density at radius 2 is 2.35 bits per heavy atom. The molecule has 0 amide bonds. The van der Waals surface area contributed by atoms with E-state index in [1.807, 2.05) is 0 Å². The summed E-state index contributed by atoms with van der Waals surface area (Å²) >= 11 is 0. The number of benzene rings is 1. The molecule has 1 unspecified atom stereocenters. The van der Waals surface area contributed by atoms with Crippen molar-refractivity contribution in [2.24, 2.45) is 0 Å². The van der Waals surface area contributed by atoms with Gasteiger partial charge in [0.1, 0.15) is 11.6 Å². The third-order valence-corrected chi connectivity index (χ3v) is 3.01. The average molecular weight is 300 g/mol. The van der Waals surface area contributed by atoms with E-state index in [1.54, 1.807) is 12.1 Å². The number of hydrogen-bond acceptors (Lipinski definition) is 5. The summed E-state index contributed by atoms with van der Waals surface area (Å²) in [5.74, 6) is 1.18. The van der Waals surface area contributed by atoms with Gasteiger partial charge in [0.15, 0.2) is 6.61 Å². The molecule has 1 aromatic heterocycles. The van der Waals surface area contributed by atoms with E-state index in [2.05, 4.69) is 15.5 Å². The normalized spacial score (nSPS) is 17.8. The minimum absolute atomic E-state index is 0. The van der Waals surface area contributed by atoms with Crippen LogP contribution >= 0.6 is 12.4 Å². The molecule has 108 valence electrons. The summed E-state index contributed by atoms with van der Waals surface area (Å²) in [5, 5.41) is 7.13. The highest BCUT2D eigenvalue weighted by atomic mass is 35.5. The van der Waals surface area contributed by atoms with E-state index in [-0.39, 0.29) is 30.9 Å². The number of halogens is 2. The first-order chi connectivity index (χ1) is 9.31. The van der Waals surface area contributed by atoms with Crippen LogP contribution in [-0.2, 0) is 6.61 Å². The van der Waals surface area contributed by atoms with E-state index >= 15 is 0 Å². The Hall–Kier alpha value is -1.66. The molecular weight excluding hydrogens is 285 g/mol. The molecule has 7 heteroatoms. The van der Waals surface area contributed by atoms with Crippen molar-refractivity contribution in [1.82, 2.24) is 15.5 Å². The molecule has 1 aliphatic heterocycles. The molecule has 1 saturated heterocycles. The molecule has 1 aliphatic rings. The molecule has 1 N–H and O–H groups in total. The van der Waals surface area contributed by atoms with Gasteiger partial charge < -0.3 is 14.6 Å². The summed E-state index contributed by atoms with van der Waals surface area (Å²) < 4.78 is 23.5.